The van der Waals surface area contributed by atoms with Gasteiger partial charge in [0.25, 0.3) is 5.91 Å². The van der Waals surface area contributed by atoms with Crippen molar-refractivity contribution in [2.75, 3.05) is 13.2 Å². The van der Waals surface area contributed by atoms with Crippen LogP contribution >= 0.6 is 0 Å². The average molecular weight is 313 g/mol. The zero-order valence-corrected chi connectivity index (χ0v) is 13.3. The number of carboxylic acids is 1. The molecule has 1 rings (SSSR count). The number of ketones is 1. The Kier molecular flexibility index (Phi) is 6.08. The summed E-state index contributed by atoms with van der Waals surface area (Å²) >= 11 is 0. The third kappa shape index (κ3) is 4.29. The fourth-order valence-corrected chi connectivity index (χ4v) is 2.28. The van der Waals surface area contributed by atoms with Crippen LogP contribution in [0.25, 0.3) is 0 Å². The third-order valence-corrected chi connectivity index (χ3v) is 3.74. The molecule has 1 aliphatic rings. The van der Waals surface area contributed by atoms with E-state index in [1.165, 1.54) is 13.8 Å². The van der Waals surface area contributed by atoms with Gasteiger partial charge in [-0.2, -0.15) is 0 Å². The molecule has 22 heavy (non-hydrogen) atoms. The number of ether oxygens (including phenoxy) is 1. The fourth-order valence-electron chi connectivity index (χ4n) is 2.28. The summed E-state index contributed by atoms with van der Waals surface area (Å²) in [5.41, 5.74) is -1.18. The number of esters is 1. The molecule has 1 N–H and O–H groups in total. The van der Waals surface area contributed by atoms with Gasteiger partial charge in [-0.25, -0.2) is 4.79 Å². The van der Waals surface area contributed by atoms with Crippen molar-refractivity contribution in [1.82, 2.24) is 4.90 Å². The molecule has 0 saturated carbocycles. The van der Waals surface area contributed by atoms with Crippen LogP contribution in [0.15, 0.2) is 0 Å². The van der Waals surface area contributed by atoms with E-state index in [2.05, 4.69) is 0 Å². The maximum absolute atomic E-state index is 12.4. The molecule has 1 heterocycles. The number of carbonyl (C=O) groups excluding carboxylic acids is 3. The Morgan fingerprint density at radius 3 is 2.41 bits per heavy atom. The van der Waals surface area contributed by atoms with E-state index in [1.54, 1.807) is 6.92 Å². The van der Waals surface area contributed by atoms with Crippen molar-refractivity contribution in [1.29, 1.82) is 0 Å². The summed E-state index contributed by atoms with van der Waals surface area (Å²) in [5.74, 6) is -3.10. The number of nitrogens with zero attached hydrogens (tertiary/aromatic N) is 1. The lowest BCUT2D eigenvalue weighted by Gasteiger charge is -2.34. The first-order valence-corrected chi connectivity index (χ1v) is 7.44. The number of Topliss-reactive ketones (excluding diaryl/α,β-unsaturated/α-hetero) is 1. The Balaban J connectivity index is 2.79. The number of aliphatic carboxylic acids is 1. The van der Waals surface area contributed by atoms with E-state index in [0.29, 0.717) is 19.3 Å². The zero-order valence-electron chi connectivity index (χ0n) is 13.3. The summed E-state index contributed by atoms with van der Waals surface area (Å²) in [6.07, 6.45) is 1.92. The highest BCUT2D eigenvalue weighted by Gasteiger charge is 2.41. The molecule has 0 radical (unpaired) electrons. The van der Waals surface area contributed by atoms with E-state index < -0.39 is 35.1 Å². The summed E-state index contributed by atoms with van der Waals surface area (Å²) in [4.78, 5) is 48.2. The van der Waals surface area contributed by atoms with Crippen LogP contribution in [0.1, 0.15) is 46.5 Å². The number of hydrogen-bond acceptors (Lipinski definition) is 5. The lowest BCUT2D eigenvalue weighted by atomic mass is 9.87. The summed E-state index contributed by atoms with van der Waals surface area (Å²) in [6, 6.07) is -0.959. The summed E-state index contributed by atoms with van der Waals surface area (Å²) in [7, 11) is 0. The fraction of sp³-hybridized carbons (Fsp3) is 0.733. The van der Waals surface area contributed by atoms with Gasteiger partial charge in [-0.05, 0) is 33.1 Å². The van der Waals surface area contributed by atoms with Gasteiger partial charge < -0.3 is 14.7 Å². The van der Waals surface area contributed by atoms with E-state index in [-0.39, 0.29) is 19.6 Å². The van der Waals surface area contributed by atoms with Gasteiger partial charge in [0.1, 0.15) is 12.6 Å². The van der Waals surface area contributed by atoms with Crippen molar-refractivity contribution in [2.45, 2.75) is 52.5 Å². The maximum atomic E-state index is 12.4. The Labute approximate surface area is 129 Å². The van der Waals surface area contributed by atoms with Crippen molar-refractivity contribution in [3.05, 3.63) is 0 Å². The predicted octanol–water partition coefficient (Wildman–Crippen LogP) is 1.00. The predicted molar refractivity (Wildman–Crippen MR) is 77.0 cm³/mol. The molecule has 0 aromatic rings. The van der Waals surface area contributed by atoms with Gasteiger partial charge in [0.05, 0.1) is 5.41 Å². The molecule has 1 aliphatic heterocycles. The van der Waals surface area contributed by atoms with Gasteiger partial charge in [-0.1, -0.05) is 6.92 Å². The van der Waals surface area contributed by atoms with Crippen LogP contribution in [-0.4, -0.2) is 52.8 Å². The molecule has 1 saturated heterocycles. The van der Waals surface area contributed by atoms with Crippen molar-refractivity contribution < 1.29 is 29.0 Å². The highest BCUT2D eigenvalue weighted by atomic mass is 16.5. The Bertz CT molecular complexity index is 471. The van der Waals surface area contributed by atoms with Crippen molar-refractivity contribution in [3.63, 3.8) is 0 Å². The average Bonchev–Trinajstić information content (AvgIpc) is 2.51. The van der Waals surface area contributed by atoms with Gasteiger partial charge in [0, 0.05) is 13.0 Å². The molecule has 1 atom stereocenters. The van der Waals surface area contributed by atoms with Crippen LogP contribution in [0.3, 0.4) is 0 Å². The number of rotatable bonds is 6. The van der Waals surface area contributed by atoms with Crippen LogP contribution in [-0.2, 0) is 23.9 Å². The first-order valence-electron chi connectivity index (χ1n) is 7.44. The molecular weight excluding hydrogens is 290 g/mol. The van der Waals surface area contributed by atoms with Gasteiger partial charge >= 0.3 is 11.9 Å². The minimum Gasteiger partial charge on any atom is -0.480 e. The molecule has 0 unspecified atom stereocenters. The summed E-state index contributed by atoms with van der Waals surface area (Å²) in [6.45, 7) is 4.71. The minimum absolute atomic E-state index is 0.186. The summed E-state index contributed by atoms with van der Waals surface area (Å²) in [5, 5.41) is 9.18. The van der Waals surface area contributed by atoms with Crippen molar-refractivity contribution in [3.8, 4) is 0 Å². The minimum atomic E-state index is -1.18. The first kappa shape index (κ1) is 18.1. The standard InChI is InChI=1S/C15H23NO6/c1-4-11(17)22-9-15(2,3)12(18)13(19)16-8-6-5-7-10(16)14(20)21/h10H,4-9H2,1-3H3,(H,20,21)/t10-/m0/s1. The van der Waals surface area contributed by atoms with Gasteiger partial charge in [0.2, 0.25) is 5.78 Å². The van der Waals surface area contributed by atoms with Crippen molar-refractivity contribution >= 4 is 23.6 Å². The number of hydrogen-bond donors (Lipinski definition) is 1. The highest BCUT2D eigenvalue weighted by molar-refractivity contribution is 6.38. The number of amides is 1. The van der Waals surface area contributed by atoms with Gasteiger partial charge in [-0.15, -0.1) is 0 Å². The largest absolute Gasteiger partial charge is 0.480 e. The molecule has 0 aromatic carbocycles. The lowest BCUT2D eigenvalue weighted by Crippen LogP contribution is -2.53. The van der Waals surface area contributed by atoms with Crippen LogP contribution in [0, 0.1) is 5.41 Å². The quantitative estimate of drug-likeness (QED) is 0.580. The normalized spacial score (nSPS) is 18.7. The molecule has 0 spiro atoms. The van der Waals surface area contributed by atoms with Gasteiger partial charge in [-0.3, -0.25) is 14.4 Å². The van der Waals surface area contributed by atoms with E-state index in [1.807, 2.05) is 0 Å². The Morgan fingerprint density at radius 1 is 1.23 bits per heavy atom. The second kappa shape index (κ2) is 7.38. The molecular formula is C15H23NO6. The molecule has 0 aromatic heterocycles. The molecule has 124 valence electrons. The molecule has 1 amide bonds. The van der Waals surface area contributed by atoms with Crippen LogP contribution in [0.2, 0.25) is 0 Å². The van der Waals surface area contributed by atoms with Gasteiger partial charge in [0.15, 0.2) is 0 Å². The molecule has 1 fully saturated rings. The monoisotopic (exact) mass is 313 g/mol. The van der Waals surface area contributed by atoms with E-state index in [9.17, 15) is 24.3 Å². The third-order valence-electron chi connectivity index (χ3n) is 3.74. The van der Waals surface area contributed by atoms with Crippen LogP contribution < -0.4 is 0 Å². The van der Waals surface area contributed by atoms with Crippen molar-refractivity contribution in [2.24, 2.45) is 5.41 Å². The zero-order chi connectivity index (χ0) is 16.9. The first-order chi connectivity index (χ1) is 10.2. The SMILES string of the molecule is CCC(=O)OCC(C)(C)C(=O)C(=O)N1CCCC[C@H]1C(=O)O. The number of carboxylic acid groups (broad SMARTS) is 1. The maximum Gasteiger partial charge on any atom is 0.326 e. The molecule has 0 aliphatic carbocycles. The summed E-state index contributed by atoms with van der Waals surface area (Å²) < 4.78 is 4.94. The number of piperidine rings is 1. The second-order valence-electron chi connectivity index (χ2n) is 6.08. The second-order valence-corrected chi connectivity index (χ2v) is 6.08. The van der Waals surface area contributed by atoms with E-state index >= 15 is 0 Å². The molecule has 0 bridgehead atoms. The van der Waals surface area contributed by atoms with Crippen LogP contribution in [0.5, 0.6) is 0 Å². The van der Waals surface area contributed by atoms with Crippen LogP contribution in [0.4, 0.5) is 0 Å². The molecule has 7 heteroatoms. The highest BCUT2D eigenvalue weighted by Crippen LogP contribution is 2.23. The Hall–Kier alpha value is -1.92. The lowest BCUT2D eigenvalue weighted by molar-refractivity contribution is -0.160. The number of carbonyl (C=O) groups is 4. The smallest absolute Gasteiger partial charge is 0.326 e. The Morgan fingerprint density at radius 2 is 1.86 bits per heavy atom. The van der Waals surface area contributed by atoms with E-state index in [4.69, 9.17) is 4.74 Å². The topological polar surface area (TPSA) is 101 Å². The molecule has 7 nitrogen and oxygen atoms in total. The number of likely N-dealkylation sites (tertiary alicyclic amines) is 1. The van der Waals surface area contributed by atoms with E-state index in [0.717, 1.165) is 4.90 Å².